The molecule has 2 aliphatic rings. The topological polar surface area (TPSA) is 58.4 Å². The Morgan fingerprint density at radius 1 is 1.00 bits per heavy atom. The predicted octanol–water partition coefficient (Wildman–Crippen LogP) is 3.23. The highest BCUT2D eigenvalue weighted by atomic mass is 16.2. The van der Waals surface area contributed by atoms with Gasteiger partial charge in [-0.25, -0.2) is 0 Å². The van der Waals surface area contributed by atoms with Crippen LogP contribution in [-0.4, -0.2) is 52.4 Å². The van der Waals surface area contributed by atoms with Crippen LogP contribution in [0.4, 0.5) is 0 Å². The summed E-state index contributed by atoms with van der Waals surface area (Å²) >= 11 is 0. The zero-order valence-corrected chi connectivity index (χ0v) is 18.6. The van der Waals surface area contributed by atoms with Crippen LogP contribution < -0.4 is 5.56 Å². The summed E-state index contributed by atoms with van der Waals surface area (Å²) in [5.74, 6) is 0.524. The van der Waals surface area contributed by atoms with Crippen LogP contribution in [0.1, 0.15) is 34.0 Å². The van der Waals surface area contributed by atoms with Crippen LogP contribution in [0.15, 0.2) is 65.7 Å². The van der Waals surface area contributed by atoms with Crippen molar-refractivity contribution in [1.82, 2.24) is 19.4 Å². The molecule has 2 aliphatic heterocycles. The summed E-state index contributed by atoms with van der Waals surface area (Å²) < 4.78 is 1.97. The molecule has 32 heavy (non-hydrogen) atoms. The largest absolute Gasteiger partial charge is 0.338 e. The third-order valence-electron chi connectivity index (χ3n) is 6.61. The number of piperidine rings is 1. The highest BCUT2D eigenvalue weighted by molar-refractivity contribution is 5.94. The quantitative estimate of drug-likeness (QED) is 0.640. The first-order chi connectivity index (χ1) is 15.5. The fraction of sp³-hybridized carbons (Fsp3) is 0.346. The van der Waals surface area contributed by atoms with Gasteiger partial charge in [0.15, 0.2) is 0 Å². The SMILES string of the molecule is CN(C)Cc1ccccc1-c1ccc2n(c1=O)CC1CC2CN(C(=O)c2ccncc2)C1. The summed E-state index contributed by atoms with van der Waals surface area (Å²) in [6.45, 7) is 2.78. The molecule has 0 spiro atoms. The van der Waals surface area contributed by atoms with Crippen molar-refractivity contribution >= 4 is 5.91 Å². The van der Waals surface area contributed by atoms with Gasteiger partial charge in [0.25, 0.3) is 11.5 Å². The number of likely N-dealkylation sites (tertiary alicyclic amines) is 1. The smallest absolute Gasteiger partial charge is 0.258 e. The number of hydrogen-bond acceptors (Lipinski definition) is 4. The number of carbonyl (C=O) groups excluding carboxylic acids is 1. The van der Waals surface area contributed by atoms with E-state index in [0.29, 0.717) is 25.2 Å². The normalized spacial score (nSPS) is 19.7. The van der Waals surface area contributed by atoms with Crippen molar-refractivity contribution in [1.29, 1.82) is 0 Å². The molecule has 4 heterocycles. The first kappa shape index (κ1) is 20.6. The van der Waals surface area contributed by atoms with Crippen molar-refractivity contribution in [2.45, 2.75) is 25.4 Å². The first-order valence-electron chi connectivity index (χ1n) is 11.2. The lowest BCUT2D eigenvalue weighted by Crippen LogP contribution is -2.49. The number of carbonyl (C=O) groups is 1. The van der Waals surface area contributed by atoms with Gasteiger partial charge in [-0.3, -0.25) is 14.6 Å². The van der Waals surface area contributed by atoms with Crippen LogP contribution in [0, 0.1) is 5.92 Å². The summed E-state index contributed by atoms with van der Waals surface area (Å²) in [6.07, 6.45) is 4.33. The zero-order chi connectivity index (χ0) is 22.2. The zero-order valence-electron chi connectivity index (χ0n) is 18.6. The van der Waals surface area contributed by atoms with Crippen molar-refractivity contribution in [3.63, 3.8) is 0 Å². The average Bonchev–Trinajstić information content (AvgIpc) is 2.80. The molecule has 5 rings (SSSR count). The molecule has 2 aromatic heterocycles. The minimum atomic E-state index is 0.0483. The van der Waals surface area contributed by atoms with E-state index in [1.165, 1.54) is 0 Å². The van der Waals surface area contributed by atoms with Crippen LogP contribution in [0.3, 0.4) is 0 Å². The van der Waals surface area contributed by atoms with Crippen LogP contribution in [-0.2, 0) is 13.1 Å². The molecule has 0 N–H and O–H groups in total. The molecule has 3 aromatic rings. The van der Waals surface area contributed by atoms with Crippen LogP contribution in [0.5, 0.6) is 0 Å². The van der Waals surface area contributed by atoms with E-state index >= 15 is 0 Å². The van der Waals surface area contributed by atoms with E-state index in [-0.39, 0.29) is 23.3 Å². The molecule has 2 atom stereocenters. The van der Waals surface area contributed by atoms with E-state index in [0.717, 1.165) is 35.3 Å². The Kier molecular flexibility index (Phi) is 5.39. The molecular formula is C26H28N4O2. The van der Waals surface area contributed by atoms with Gasteiger partial charge < -0.3 is 14.4 Å². The lowest BCUT2D eigenvalue weighted by Gasteiger charge is -2.43. The average molecular weight is 429 g/mol. The fourth-order valence-electron chi connectivity index (χ4n) is 5.26. The highest BCUT2D eigenvalue weighted by Crippen LogP contribution is 2.36. The van der Waals surface area contributed by atoms with Gasteiger partial charge in [0.2, 0.25) is 0 Å². The lowest BCUT2D eigenvalue weighted by molar-refractivity contribution is 0.0594. The monoisotopic (exact) mass is 428 g/mol. The molecule has 6 nitrogen and oxygen atoms in total. The molecule has 1 aromatic carbocycles. The molecule has 1 fully saturated rings. The minimum Gasteiger partial charge on any atom is -0.338 e. The van der Waals surface area contributed by atoms with Gasteiger partial charge in [0, 0.05) is 61.3 Å². The van der Waals surface area contributed by atoms with Gasteiger partial charge in [-0.1, -0.05) is 24.3 Å². The molecular weight excluding hydrogens is 400 g/mol. The third kappa shape index (κ3) is 3.75. The molecule has 2 unspecified atom stereocenters. The second-order valence-corrected chi connectivity index (χ2v) is 9.23. The number of benzene rings is 1. The van der Waals surface area contributed by atoms with Gasteiger partial charge in [0.05, 0.1) is 0 Å². The Hall–Kier alpha value is -3.25. The summed E-state index contributed by atoms with van der Waals surface area (Å²) in [5, 5.41) is 0. The lowest BCUT2D eigenvalue weighted by atomic mass is 9.82. The summed E-state index contributed by atoms with van der Waals surface area (Å²) in [5.41, 5.74) is 4.72. The summed E-state index contributed by atoms with van der Waals surface area (Å²) in [6, 6.07) is 15.8. The van der Waals surface area contributed by atoms with E-state index in [2.05, 4.69) is 22.0 Å². The Balaban J connectivity index is 1.47. The van der Waals surface area contributed by atoms with E-state index in [4.69, 9.17) is 0 Å². The molecule has 164 valence electrons. The molecule has 0 aliphatic carbocycles. The maximum absolute atomic E-state index is 13.6. The van der Waals surface area contributed by atoms with Gasteiger partial charge in [-0.15, -0.1) is 0 Å². The van der Waals surface area contributed by atoms with Gasteiger partial charge in [-0.05, 0) is 61.8 Å². The van der Waals surface area contributed by atoms with Crippen molar-refractivity contribution in [2.24, 2.45) is 5.92 Å². The van der Waals surface area contributed by atoms with Gasteiger partial charge >= 0.3 is 0 Å². The number of pyridine rings is 2. The van der Waals surface area contributed by atoms with Gasteiger partial charge in [0.1, 0.15) is 0 Å². The Morgan fingerprint density at radius 3 is 2.56 bits per heavy atom. The number of nitrogens with zero attached hydrogens (tertiary/aromatic N) is 4. The number of aromatic nitrogens is 2. The van der Waals surface area contributed by atoms with Crippen molar-refractivity contribution in [3.05, 3.63) is 88.1 Å². The van der Waals surface area contributed by atoms with Crippen LogP contribution in [0.25, 0.3) is 11.1 Å². The van der Waals surface area contributed by atoms with E-state index < -0.39 is 0 Å². The molecule has 1 saturated heterocycles. The molecule has 6 heteroatoms. The second-order valence-electron chi connectivity index (χ2n) is 9.23. The maximum Gasteiger partial charge on any atom is 0.258 e. The molecule has 2 bridgehead atoms. The van der Waals surface area contributed by atoms with Crippen molar-refractivity contribution in [2.75, 3.05) is 27.2 Å². The number of hydrogen-bond donors (Lipinski definition) is 0. The molecule has 1 amide bonds. The standard InChI is InChI=1S/C26H28N4O2/c1-28(2)16-20-5-3-4-6-22(20)23-7-8-24-21-13-18(15-30(24)26(23)32)14-29(17-21)25(31)19-9-11-27-12-10-19/h3-12,18,21H,13-17H2,1-2H3. The maximum atomic E-state index is 13.6. The minimum absolute atomic E-state index is 0.0483. The van der Waals surface area contributed by atoms with Crippen molar-refractivity contribution in [3.8, 4) is 11.1 Å². The highest BCUT2D eigenvalue weighted by Gasteiger charge is 2.37. The third-order valence-corrected chi connectivity index (χ3v) is 6.61. The predicted molar refractivity (Wildman–Crippen MR) is 125 cm³/mol. The Bertz CT molecular complexity index is 1200. The van der Waals surface area contributed by atoms with Crippen LogP contribution in [0.2, 0.25) is 0 Å². The van der Waals surface area contributed by atoms with E-state index in [9.17, 15) is 9.59 Å². The fourth-order valence-corrected chi connectivity index (χ4v) is 5.26. The first-order valence-corrected chi connectivity index (χ1v) is 11.2. The molecule has 0 saturated carbocycles. The van der Waals surface area contributed by atoms with Gasteiger partial charge in [-0.2, -0.15) is 0 Å². The molecule has 0 radical (unpaired) electrons. The van der Waals surface area contributed by atoms with Crippen molar-refractivity contribution < 1.29 is 4.79 Å². The number of fused-ring (bicyclic) bond motifs is 4. The van der Waals surface area contributed by atoms with E-state index in [1.807, 2.05) is 47.8 Å². The number of rotatable bonds is 4. The Labute approximate surface area is 188 Å². The number of amides is 1. The second kappa shape index (κ2) is 8.36. The van der Waals surface area contributed by atoms with Crippen LogP contribution >= 0.6 is 0 Å². The van der Waals surface area contributed by atoms with E-state index in [1.54, 1.807) is 24.5 Å². The Morgan fingerprint density at radius 2 is 1.78 bits per heavy atom. The summed E-state index contributed by atoms with van der Waals surface area (Å²) in [7, 11) is 4.08. The summed E-state index contributed by atoms with van der Waals surface area (Å²) in [4.78, 5) is 34.7.